The molecule has 3 aromatic rings. The number of carbonyl (C=O) groups is 2. The zero-order valence-corrected chi connectivity index (χ0v) is 17.6. The van der Waals surface area contributed by atoms with E-state index in [9.17, 15) is 23.2 Å². The minimum Gasteiger partial charge on any atom is -0.396 e. The topological polar surface area (TPSA) is 113 Å². The molecule has 0 spiro atoms. The quantitative estimate of drug-likeness (QED) is 0.331. The van der Waals surface area contributed by atoms with E-state index in [1.807, 2.05) is 0 Å². The molecule has 0 aliphatic heterocycles. The Morgan fingerprint density at radius 1 is 1.09 bits per heavy atom. The van der Waals surface area contributed by atoms with Crippen molar-refractivity contribution >= 4 is 40.2 Å². The summed E-state index contributed by atoms with van der Waals surface area (Å²) in [5.74, 6) is -3.33. The highest BCUT2D eigenvalue weighted by atomic mass is 32.2. The molecular weight excluding hydrogens is 442 g/mol. The third-order valence-corrected chi connectivity index (χ3v) is 5.32. The van der Waals surface area contributed by atoms with Crippen LogP contribution in [0.1, 0.15) is 6.42 Å². The Labute approximate surface area is 185 Å². The Hall–Kier alpha value is -3.31. The van der Waals surface area contributed by atoms with E-state index >= 15 is 0 Å². The van der Waals surface area contributed by atoms with Gasteiger partial charge in [-0.1, -0.05) is 23.9 Å². The maximum absolute atomic E-state index is 13.2. The number of aromatic nitrogens is 2. The number of hydrogen-bond donors (Lipinski definition) is 3. The molecule has 32 heavy (non-hydrogen) atoms. The lowest BCUT2D eigenvalue weighted by molar-refractivity contribution is -0.122. The highest BCUT2D eigenvalue weighted by Gasteiger charge is 2.14. The van der Waals surface area contributed by atoms with Gasteiger partial charge in [-0.2, -0.15) is 0 Å². The van der Waals surface area contributed by atoms with E-state index in [1.165, 1.54) is 10.6 Å². The molecule has 1 heterocycles. The Morgan fingerprint density at radius 3 is 2.62 bits per heavy atom. The van der Waals surface area contributed by atoms with E-state index < -0.39 is 23.4 Å². The predicted molar refractivity (Wildman–Crippen MR) is 116 cm³/mol. The molecule has 0 radical (unpaired) electrons. The molecule has 168 valence electrons. The first-order valence-corrected chi connectivity index (χ1v) is 10.6. The van der Waals surface area contributed by atoms with Crippen molar-refractivity contribution in [3.05, 3.63) is 64.5 Å². The summed E-state index contributed by atoms with van der Waals surface area (Å²) < 4.78 is 27.5. The molecule has 3 N–H and O–H groups in total. The zero-order chi connectivity index (χ0) is 23.1. The van der Waals surface area contributed by atoms with Gasteiger partial charge in [0.2, 0.25) is 11.8 Å². The van der Waals surface area contributed by atoms with Crippen LogP contribution in [0.4, 0.5) is 14.5 Å². The molecule has 11 heteroatoms. The van der Waals surface area contributed by atoms with Crippen LogP contribution < -0.4 is 16.2 Å². The Morgan fingerprint density at radius 2 is 1.88 bits per heavy atom. The summed E-state index contributed by atoms with van der Waals surface area (Å²) >= 11 is 1.03. The van der Waals surface area contributed by atoms with Crippen molar-refractivity contribution in [2.45, 2.75) is 18.1 Å². The molecule has 0 aliphatic carbocycles. The van der Waals surface area contributed by atoms with Crippen LogP contribution in [0.15, 0.2) is 52.4 Å². The van der Waals surface area contributed by atoms with Gasteiger partial charge in [0.05, 0.1) is 23.2 Å². The lowest BCUT2D eigenvalue weighted by Crippen LogP contribution is -2.34. The van der Waals surface area contributed by atoms with Gasteiger partial charge in [-0.15, -0.1) is 0 Å². The van der Waals surface area contributed by atoms with Crippen LogP contribution in [0, 0.1) is 11.6 Å². The van der Waals surface area contributed by atoms with E-state index in [1.54, 1.807) is 24.3 Å². The van der Waals surface area contributed by atoms with Gasteiger partial charge in [0.15, 0.2) is 16.8 Å². The number of aliphatic hydroxyl groups excluding tert-OH is 1. The van der Waals surface area contributed by atoms with Gasteiger partial charge in [0.25, 0.3) is 5.56 Å². The molecule has 0 saturated carbocycles. The molecule has 8 nitrogen and oxygen atoms in total. The maximum atomic E-state index is 13.2. The molecule has 0 atom stereocenters. The smallest absolute Gasteiger partial charge is 0.262 e. The highest BCUT2D eigenvalue weighted by molar-refractivity contribution is 7.99. The number of nitrogens with one attached hydrogen (secondary N) is 2. The molecular formula is C21H20F2N4O4S. The normalized spacial score (nSPS) is 10.8. The average Bonchev–Trinajstić information content (AvgIpc) is 2.78. The van der Waals surface area contributed by atoms with E-state index in [4.69, 9.17) is 5.11 Å². The van der Waals surface area contributed by atoms with Crippen LogP contribution in [0.2, 0.25) is 0 Å². The van der Waals surface area contributed by atoms with E-state index in [-0.39, 0.29) is 36.7 Å². The Balaban J connectivity index is 1.60. The minimum atomic E-state index is -1.10. The van der Waals surface area contributed by atoms with Crippen molar-refractivity contribution in [1.82, 2.24) is 14.9 Å². The molecule has 2 aromatic carbocycles. The van der Waals surface area contributed by atoms with Crippen LogP contribution in [0.3, 0.4) is 0 Å². The van der Waals surface area contributed by atoms with Crippen LogP contribution >= 0.6 is 11.8 Å². The van der Waals surface area contributed by atoms with Crippen molar-refractivity contribution in [3.8, 4) is 0 Å². The van der Waals surface area contributed by atoms with Crippen molar-refractivity contribution in [2.75, 3.05) is 24.2 Å². The number of hydrogen-bond acceptors (Lipinski definition) is 6. The summed E-state index contributed by atoms with van der Waals surface area (Å²) in [5.41, 5.74) is 0.287. The van der Waals surface area contributed by atoms with Crippen molar-refractivity contribution < 1.29 is 23.5 Å². The van der Waals surface area contributed by atoms with Gasteiger partial charge in [-0.05, 0) is 30.7 Å². The van der Waals surface area contributed by atoms with Crippen molar-refractivity contribution in [1.29, 1.82) is 0 Å². The van der Waals surface area contributed by atoms with Gasteiger partial charge < -0.3 is 15.7 Å². The Kier molecular flexibility index (Phi) is 7.90. The molecule has 0 bridgehead atoms. The first-order valence-electron chi connectivity index (χ1n) is 9.64. The molecule has 0 aliphatic rings. The summed E-state index contributed by atoms with van der Waals surface area (Å²) in [4.78, 5) is 41.3. The molecule has 0 saturated heterocycles. The number of fused-ring (bicyclic) bond motifs is 1. The SMILES string of the molecule is O=C(CSc1nc2ccccc2c(=O)n1CCCO)NCC(=O)Nc1ccc(F)c(F)c1. The largest absolute Gasteiger partial charge is 0.396 e. The monoisotopic (exact) mass is 462 g/mol. The number of anilines is 1. The lowest BCUT2D eigenvalue weighted by atomic mass is 10.2. The van der Waals surface area contributed by atoms with Crippen molar-refractivity contribution in [3.63, 3.8) is 0 Å². The van der Waals surface area contributed by atoms with Gasteiger partial charge in [0, 0.05) is 24.9 Å². The first kappa shape index (κ1) is 23.4. The second-order valence-electron chi connectivity index (χ2n) is 6.69. The van der Waals surface area contributed by atoms with Crippen LogP contribution in [0.25, 0.3) is 10.9 Å². The second kappa shape index (κ2) is 10.8. The molecule has 0 fully saturated rings. The summed E-state index contributed by atoms with van der Waals surface area (Å²) in [5, 5.41) is 14.6. The zero-order valence-electron chi connectivity index (χ0n) is 16.8. The van der Waals surface area contributed by atoms with Crippen LogP contribution in [0.5, 0.6) is 0 Å². The maximum Gasteiger partial charge on any atom is 0.262 e. The summed E-state index contributed by atoms with van der Waals surface area (Å²) in [6.07, 6.45) is 0.351. The van der Waals surface area contributed by atoms with Gasteiger partial charge in [0.1, 0.15) is 0 Å². The number of thioether (sulfide) groups is 1. The molecule has 3 rings (SSSR count). The average molecular weight is 462 g/mol. The highest BCUT2D eigenvalue weighted by Crippen LogP contribution is 2.18. The van der Waals surface area contributed by atoms with Crippen LogP contribution in [-0.2, 0) is 16.1 Å². The fraction of sp³-hybridized carbons (Fsp3) is 0.238. The lowest BCUT2D eigenvalue weighted by Gasteiger charge is -2.12. The third-order valence-electron chi connectivity index (χ3n) is 4.35. The molecule has 0 unspecified atom stereocenters. The van der Waals surface area contributed by atoms with E-state index in [0.717, 1.165) is 23.9 Å². The molecule has 1 aromatic heterocycles. The third kappa shape index (κ3) is 5.89. The van der Waals surface area contributed by atoms with Gasteiger partial charge >= 0.3 is 0 Å². The van der Waals surface area contributed by atoms with E-state index in [2.05, 4.69) is 15.6 Å². The number of nitrogens with zero attached hydrogens (tertiary/aromatic N) is 2. The second-order valence-corrected chi connectivity index (χ2v) is 7.63. The Bertz CT molecular complexity index is 1200. The fourth-order valence-electron chi connectivity index (χ4n) is 2.82. The number of amides is 2. The van der Waals surface area contributed by atoms with Crippen LogP contribution in [-0.4, -0.2) is 45.4 Å². The number of rotatable bonds is 9. The van der Waals surface area contributed by atoms with Gasteiger partial charge in [-0.25, -0.2) is 13.8 Å². The predicted octanol–water partition coefficient (Wildman–Crippen LogP) is 1.90. The number of aliphatic hydroxyl groups is 1. The van der Waals surface area contributed by atoms with Gasteiger partial charge in [-0.3, -0.25) is 19.0 Å². The molecule has 2 amide bonds. The number of carbonyl (C=O) groups excluding carboxylic acids is 2. The van der Waals surface area contributed by atoms with Crippen molar-refractivity contribution in [2.24, 2.45) is 0 Å². The summed E-state index contributed by atoms with van der Waals surface area (Å²) in [6.45, 7) is -0.231. The standard InChI is InChI=1S/C21H20F2N4O4S/c22-15-7-6-13(10-16(15)23)25-18(29)11-24-19(30)12-32-21-26-17-5-2-1-4-14(17)20(31)27(21)8-3-9-28/h1-2,4-7,10,28H,3,8-9,11-12H2,(H,24,30)(H,25,29). The fourth-order valence-corrected chi connectivity index (χ4v) is 3.68. The number of halogens is 2. The van der Waals surface area contributed by atoms with E-state index in [0.29, 0.717) is 22.5 Å². The summed E-state index contributed by atoms with van der Waals surface area (Å²) in [7, 11) is 0. The first-order chi connectivity index (χ1) is 15.4. The number of para-hydroxylation sites is 1. The number of benzene rings is 2. The minimum absolute atomic E-state index is 0.0609. The summed E-state index contributed by atoms with van der Waals surface area (Å²) in [6, 6.07) is 9.75.